The zero-order valence-electron chi connectivity index (χ0n) is 10.8. The zero-order valence-corrected chi connectivity index (χ0v) is 11.5. The van der Waals surface area contributed by atoms with Gasteiger partial charge >= 0.3 is 5.97 Å². The summed E-state index contributed by atoms with van der Waals surface area (Å²) in [6.07, 6.45) is 2.10. The van der Waals surface area contributed by atoms with Crippen LogP contribution in [0.4, 0.5) is 0 Å². The molecular weight excluding hydrogens is 252 g/mol. The van der Waals surface area contributed by atoms with E-state index >= 15 is 0 Å². The van der Waals surface area contributed by atoms with E-state index in [9.17, 15) is 4.79 Å². The first-order chi connectivity index (χ1) is 8.52. The molecule has 1 unspecified atom stereocenters. The van der Waals surface area contributed by atoms with Gasteiger partial charge in [0, 0.05) is 25.5 Å². The molecule has 0 aliphatic heterocycles. The van der Waals surface area contributed by atoms with Crippen LogP contribution in [0.15, 0.2) is 29.3 Å². The fourth-order valence-corrected chi connectivity index (χ4v) is 1.52. The van der Waals surface area contributed by atoms with Gasteiger partial charge in [-0.3, -0.25) is 4.99 Å². The van der Waals surface area contributed by atoms with E-state index in [1.807, 2.05) is 26.2 Å². The highest BCUT2D eigenvalue weighted by Crippen LogP contribution is 2.12. The number of benzene rings is 1. The van der Waals surface area contributed by atoms with Crippen molar-refractivity contribution >= 4 is 23.9 Å². The Morgan fingerprint density at radius 3 is 2.56 bits per heavy atom. The van der Waals surface area contributed by atoms with E-state index in [-0.39, 0.29) is 5.97 Å². The molecule has 0 fully saturated rings. The predicted molar refractivity (Wildman–Crippen MR) is 73.1 cm³/mol. The molecule has 0 N–H and O–H groups in total. The number of methoxy groups -OCH3 is 1. The van der Waals surface area contributed by atoms with E-state index in [2.05, 4.69) is 4.99 Å². The minimum atomic E-state index is -0.529. The number of nitrogens with zero attached hydrogens (tertiary/aromatic N) is 2. The van der Waals surface area contributed by atoms with Crippen LogP contribution in [0.2, 0.25) is 5.02 Å². The van der Waals surface area contributed by atoms with Gasteiger partial charge in [0.05, 0.1) is 13.4 Å². The van der Waals surface area contributed by atoms with Crippen molar-refractivity contribution in [3.05, 3.63) is 34.9 Å². The van der Waals surface area contributed by atoms with Gasteiger partial charge in [0.2, 0.25) is 0 Å². The van der Waals surface area contributed by atoms with Gasteiger partial charge in [0.25, 0.3) is 0 Å². The highest BCUT2D eigenvalue weighted by atomic mass is 35.5. The molecule has 0 spiro atoms. The number of esters is 1. The molecule has 1 rings (SSSR count). The molecule has 0 saturated carbocycles. The van der Waals surface area contributed by atoms with Gasteiger partial charge in [-0.25, -0.2) is 4.79 Å². The predicted octanol–water partition coefficient (Wildman–Crippen LogP) is 2.01. The first-order valence-electron chi connectivity index (χ1n) is 5.55. The first-order valence-corrected chi connectivity index (χ1v) is 5.92. The number of rotatable bonds is 5. The van der Waals surface area contributed by atoms with Gasteiger partial charge in [-0.1, -0.05) is 23.7 Å². The molecule has 1 atom stereocenters. The average Bonchev–Trinajstić information content (AvgIpc) is 2.35. The van der Waals surface area contributed by atoms with E-state index in [1.54, 1.807) is 23.4 Å². The Kier molecular flexibility index (Phi) is 5.65. The molecule has 0 heterocycles. The first kappa shape index (κ1) is 14.5. The maximum Gasteiger partial charge on any atom is 0.330 e. The van der Waals surface area contributed by atoms with E-state index < -0.39 is 6.04 Å². The summed E-state index contributed by atoms with van der Waals surface area (Å²) < 4.78 is 4.74. The SMILES string of the molecule is COC(=O)C(Cc1ccc(Cl)cc1)N=CN(C)C. The fraction of sp³-hybridized carbons (Fsp3) is 0.385. The summed E-state index contributed by atoms with van der Waals surface area (Å²) >= 11 is 5.81. The molecule has 1 aromatic carbocycles. The Hall–Kier alpha value is -1.55. The molecule has 0 amide bonds. The summed E-state index contributed by atoms with van der Waals surface area (Å²) in [5.74, 6) is -0.344. The highest BCUT2D eigenvalue weighted by molar-refractivity contribution is 6.30. The van der Waals surface area contributed by atoms with Crippen molar-refractivity contribution < 1.29 is 9.53 Å². The van der Waals surface area contributed by atoms with Gasteiger partial charge in [-0.2, -0.15) is 0 Å². The fourth-order valence-electron chi connectivity index (χ4n) is 1.39. The maximum absolute atomic E-state index is 11.6. The van der Waals surface area contributed by atoms with Crippen molar-refractivity contribution in [1.29, 1.82) is 0 Å². The van der Waals surface area contributed by atoms with Crippen LogP contribution < -0.4 is 0 Å². The molecular formula is C13H17ClN2O2. The smallest absolute Gasteiger partial charge is 0.330 e. The highest BCUT2D eigenvalue weighted by Gasteiger charge is 2.18. The van der Waals surface area contributed by atoms with Crippen molar-refractivity contribution in [2.24, 2.45) is 4.99 Å². The molecule has 18 heavy (non-hydrogen) atoms. The third kappa shape index (κ3) is 4.75. The Bertz CT molecular complexity index is 416. The summed E-state index contributed by atoms with van der Waals surface area (Å²) in [5.41, 5.74) is 0.991. The molecule has 0 aliphatic rings. The van der Waals surface area contributed by atoms with Crippen LogP contribution >= 0.6 is 11.6 Å². The lowest BCUT2D eigenvalue weighted by molar-refractivity contribution is -0.142. The number of halogens is 1. The van der Waals surface area contributed by atoms with Crippen molar-refractivity contribution in [1.82, 2.24) is 4.90 Å². The quantitative estimate of drug-likeness (QED) is 0.466. The third-order valence-corrected chi connectivity index (χ3v) is 2.55. The van der Waals surface area contributed by atoms with Crippen LogP contribution in [0.1, 0.15) is 5.56 Å². The Labute approximate surface area is 112 Å². The molecule has 0 radical (unpaired) electrons. The van der Waals surface area contributed by atoms with Gasteiger partial charge < -0.3 is 9.64 Å². The number of hydrogen-bond donors (Lipinski definition) is 0. The second-order valence-corrected chi connectivity index (χ2v) is 4.53. The lowest BCUT2D eigenvalue weighted by Crippen LogP contribution is -2.24. The molecule has 4 nitrogen and oxygen atoms in total. The number of aliphatic imine (C=N–C) groups is 1. The second kappa shape index (κ2) is 7.01. The second-order valence-electron chi connectivity index (χ2n) is 4.10. The van der Waals surface area contributed by atoms with Crippen LogP contribution in [0.25, 0.3) is 0 Å². The number of ether oxygens (including phenoxy) is 1. The summed E-state index contributed by atoms with van der Waals surface area (Å²) in [6, 6.07) is 6.81. The van der Waals surface area contributed by atoms with Crippen LogP contribution in [-0.4, -0.2) is 44.5 Å². The molecule has 0 bridgehead atoms. The van der Waals surface area contributed by atoms with Crippen LogP contribution in [0.3, 0.4) is 0 Å². The van der Waals surface area contributed by atoms with Crippen molar-refractivity contribution in [2.45, 2.75) is 12.5 Å². The monoisotopic (exact) mass is 268 g/mol. The lowest BCUT2D eigenvalue weighted by atomic mass is 10.1. The normalized spacial score (nSPS) is 12.4. The summed E-state index contributed by atoms with van der Waals surface area (Å²) in [6.45, 7) is 0. The average molecular weight is 269 g/mol. The van der Waals surface area contributed by atoms with Crippen LogP contribution in [0.5, 0.6) is 0 Å². The summed E-state index contributed by atoms with van der Waals surface area (Å²) in [7, 11) is 5.06. The van der Waals surface area contributed by atoms with Crippen molar-refractivity contribution in [2.75, 3.05) is 21.2 Å². The minimum Gasteiger partial charge on any atom is -0.467 e. The molecule has 0 aromatic heterocycles. The number of hydrogen-bond acceptors (Lipinski definition) is 3. The number of carbonyl (C=O) groups is 1. The van der Waals surface area contributed by atoms with Crippen molar-refractivity contribution in [3.8, 4) is 0 Å². The van der Waals surface area contributed by atoms with Gasteiger partial charge in [-0.15, -0.1) is 0 Å². The lowest BCUT2D eigenvalue weighted by Gasteiger charge is -2.12. The largest absolute Gasteiger partial charge is 0.467 e. The minimum absolute atomic E-state index is 0.344. The standard InChI is InChI=1S/C13H17ClN2O2/c1-16(2)9-15-12(13(17)18-3)8-10-4-6-11(14)7-5-10/h4-7,9,12H,8H2,1-3H3. The topological polar surface area (TPSA) is 41.9 Å². The molecule has 98 valence electrons. The Balaban J connectivity index is 2.78. The molecule has 5 heteroatoms. The molecule has 0 aliphatic carbocycles. The van der Waals surface area contributed by atoms with Crippen LogP contribution in [-0.2, 0) is 16.0 Å². The van der Waals surface area contributed by atoms with E-state index in [4.69, 9.17) is 16.3 Å². The van der Waals surface area contributed by atoms with E-state index in [0.29, 0.717) is 11.4 Å². The van der Waals surface area contributed by atoms with E-state index in [0.717, 1.165) is 5.56 Å². The summed E-state index contributed by atoms with van der Waals surface area (Å²) in [5, 5.41) is 0.671. The third-order valence-electron chi connectivity index (χ3n) is 2.29. The maximum atomic E-state index is 11.6. The number of carbonyl (C=O) groups excluding carboxylic acids is 1. The zero-order chi connectivity index (χ0) is 13.5. The Morgan fingerprint density at radius 2 is 2.06 bits per heavy atom. The van der Waals surface area contributed by atoms with Crippen molar-refractivity contribution in [3.63, 3.8) is 0 Å². The van der Waals surface area contributed by atoms with Gasteiger partial charge in [0.15, 0.2) is 6.04 Å². The van der Waals surface area contributed by atoms with E-state index in [1.165, 1.54) is 7.11 Å². The van der Waals surface area contributed by atoms with Gasteiger partial charge in [0.1, 0.15) is 0 Å². The van der Waals surface area contributed by atoms with Gasteiger partial charge in [-0.05, 0) is 17.7 Å². The van der Waals surface area contributed by atoms with Crippen LogP contribution in [0, 0.1) is 0 Å². The Morgan fingerprint density at radius 1 is 1.44 bits per heavy atom. The molecule has 1 aromatic rings. The summed E-state index contributed by atoms with van der Waals surface area (Å²) in [4.78, 5) is 17.6. The molecule has 0 saturated heterocycles.